The number of nitrogens with one attached hydrogen (secondary N) is 1. The van der Waals surface area contributed by atoms with Crippen molar-refractivity contribution >= 4 is 38.3 Å². The molecular weight excluding hydrogens is 288 g/mol. The molecule has 0 aliphatic carbocycles. The minimum atomic E-state index is -0.994. The number of aliphatic carboxylic acids is 1. The van der Waals surface area contributed by atoms with Gasteiger partial charge in [-0.1, -0.05) is 23.5 Å². The van der Waals surface area contributed by atoms with E-state index in [2.05, 4.69) is 10.3 Å². The van der Waals surface area contributed by atoms with Crippen LogP contribution in [-0.4, -0.2) is 22.7 Å². The number of fused-ring (bicyclic) bond motifs is 1. The maximum absolute atomic E-state index is 10.4. The minimum absolute atomic E-state index is 0.343. The van der Waals surface area contributed by atoms with Gasteiger partial charge in [0.2, 0.25) is 0 Å². The lowest BCUT2D eigenvalue weighted by atomic mass is 10.3. The molecule has 21 heavy (non-hydrogen) atoms. The van der Waals surface area contributed by atoms with E-state index in [1.165, 1.54) is 0 Å². The van der Waals surface area contributed by atoms with E-state index in [-0.39, 0.29) is 6.61 Å². The lowest BCUT2D eigenvalue weighted by Crippen LogP contribution is -2.09. The molecule has 0 aliphatic heterocycles. The summed E-state index contributed by atoms with van der Waals surface area (Å²) in [4.78, 5) is 14.9. The number of aromatic nitrogens is 1. The monoisotopic (exact) mass is 300 g/mol. The zero-order chi connectivity index (χ0) is 14.7. The van der Waals surface area contributed by atoms with Crippen molar-refractivity contribution in [1.29, 1.82) is 0 Å². The van der Waals surface area contributed by atoms with Gasteiger partial charge in [-0.2, -0.15) is 0 Å². The molecule has 6 heteroatoms. The number of para-hydroxylation sites is 1. The van der Waals surface area contributed by atoms with Gasteiger partial charge in [0.15, 0.2) is 11.7 Å². The summed E-state index contributed by atoms with van der Waals surface area (Å²) in [5, 5.41) is 12.6. The van der Waals surface area contributed by atoms with E-state index < -0.39 is 5.97 Å². The van der Waals surface area contributed by atoms with Crippen molar-refractivity contribution in [3.05, 3.63) is 48.5 Å². The van der Waals surface area contributed by atoms with Crippen LogP contribution in [0, 0.1) is 0 Å². The molecule has 0 bridgehead atoms. The average molecular weight is 300 g/mol. The van der Waals surface area contributed by atoms with Gasteiger partial charge in [-0.15, -0.1) is 0 Å². The van der Waals surface area contributed by atoms with Gasteiger partial charge in [-0.3, -0.25) is 0 Å². The van der Waals surface area contributed by atoms with E-state index >= 15 is 0 Å². The third-order valence-corrected chi connectivity index (χ3v) is 3.71. The van der Waals surface area contributed by atoms with Gasteiger partial charge < -0.3 is 15.2 Å². The van der Waals surface area contributed by atoms with Gasteiger partial charge >= 0.3 is 5.97 Å². The van der Waals surface area contributed by atoms with E-state index in [1.54, 1.807) is 23.5 Å². The summed E-state index contributed by atoms with van der Waals surface area (Å²) in [6, 6.07) is 15.0. The number of rotatable bonds is 5. The first kappa shape index (κ1) is 13.4. The fourth-order valence-corrected chi connectivity index (χ4v) is 2.71. The smallest absolute Gasteiger partial charge is 0.341 e. The number of carboxylic acids is 1. The van der Waals surface area contributed by atoms with Crippen molar-refractivity contribution in [2.24, 2.45) is 0 Å². The van der Waals surface area contributed by atoms with E-state index in [9.17, 15) is 4.79 Å². The number of carbonyl (C=O) groups is 1. The van der Waals surface area contributed by atoms with Crippen LogP contribution in [0.15, 0.2) is 48.5 Å². The van der Waals surface area contributed by atoms with E-state index in [0.29, 0.717) is 5.75 Å². The topological polar surface area (TPSA) is 71.5 Å². The van der Waals surface area contributed by atoms with Crippen molar-refractivity contribution < 1.29 is 14.6 Å². The SMILES string of the molecule is O=C(O)COc1ccc(Nc2nc3ccccc3s2)cc1. The minimum Gasteiger partial charge on any atom is -0.482 e. The number of hydrogen-bond acceptors (Lipinski definition) is 5. The summed E-state index contributed by atoms with van der Waals surface area (Å²) in [7, 11) is 0. The Labute approximate surface area is 124 Å². The molecular formula is C15H12N2O3S. The zero-order valence-electron chi connectivity index (χ0n) is 10.9. The molecule has 0 unspecified atom stereocenters. The number of thiazole rings is 1. The molecule has 0 amide bonds. The third-order valence-electron chi connectivity index (χ3n) is 2.76. The van der Waals surface area contributed by atoms with Gasteiger partial charge in [0.1, 0.15) is 5.75 Å². The maximum atomic E-state index is 10.4. The molecule has 0 atom stereocenters. The molecule has 1 heterocycles. The molecule has 0 radical (unpaired) electrons. The summed E-state index contributed by atoms with van der Waals surface area (Å²) in [5.41, 5.74) is 1.84. The van der Waals surface area contributed by atoms with Crippen molar-refractivity contribution in [2.45, 2.75) is 0 Å². The predicted octanol–water partition coefficient (Wildman–Crippen LogP) is 3.50. The second-order valence-corrected chi connectivity index (χ2v) is 5.35. The highest BCUT2D eigenvalue weighted by molar-refractivity contribution is 7.22. The van der Waals surface area contributed by atoms with E-state index in [4.69, 9.17) is 9.84 Å². The quantitative estimate of drug-likeness (QED) is 0.754. The first-order valence-electron chi connectivity index (χ1n) is 6.28. The van der Waals surface area contributed by atoms with Gasteiger partial charge in [0, 0.05) is 5.69 Å². The molecule has 0 aliphatic rings. The summed E-state index contributed by atoms with van der Waals surface area (Å²) < 4.78 is 6.21. The summed E-state index contributed by atoms with van der Waals surface area (Å²) in [6.45, 7) is -0.343. The van der Waals surface area contributed by atoms with Gasteiger partial charge in [-0.25, -0.2) is 9.78 Å². The van der Waals surface area contributed by atoms with Crippen LogP contribution in [0.2, 0.25) is 0 Å². The van der Waals surface area contributed by atoms with Crippen molar-refractivity contribution in [1.82, 2.24) is 4.98 Å². The fourth-order valence-electron chi connectivity index (χ4n) is 1.83. The fraction of sp³-hybridized carbons (Fsp3) is 0.0667. The predicted molar refractivity (Wildman–Crippen MR) is 82.5 cm³/mol. The van der Waals surface area contributed by atoms with Crippen LogP contribution < -0.4 is 10.1 Å². The molecule has 2 N–H and O–H groups in total. The molecule has 2 aromatic carbocycles. The second kappa shape index (κ2) is 5.80. The Morgan fingerprint density at radius 3 is 2.67 bits per heavy atom. The molecule has 3 rings (SSSR count). The van der Waals surface area contributed by atoms with Crippen LogP contribution in [-0.2, 0) is 4.79 Å². The van der Waals surface area contributed by atoms with Gasteiger partial charge in [0.25, 0.3) is 0 Å². The highest BCUT2D eigenvalue weighted by Crippen LogP contribution is 2.28. The molecule has 0 saturated heterocycles. The molecule has 0 saturated carbocycles. The number of hydrogen-bond donors (Lipinski definition) is 2. The molecule has 3 aromatic rings. The Hall–Kier alpha value is -2.60. The number of nitrogens with zero attached hydrogens (tertiary/aromatic N) is 1. The second-order valence-electron chi connectivity index (χ2n) is 4.32. The molecule has 0 fully saturated rings. The van der Waals surface area contributed by atoms with Crippen LogP contribution in [0.5, 0.6) is 5.75 Å². The first-order valence-corrected chi connectivity index (χ1v) is 7.09. The lowest BCUT2D eigenvalue weighted by Gasteiger charge is -2.05. The van der Waals surface area contributed by atoms with Crippen molar-refractivity contribution in [3.8, 4) is 5.75 Å². The van der Waals surface area contributed by atoms with Crippen molar-refractivity contribution in [3.63, 3.8) is 0 Å². The third kappa shape index (κ3) is 3.29. The van der Waals surface area contributed by atoms with Gasteiger partial charge in [0.05, 0.1) is 10.2 Å². The lowest BCUT2D eigenvalue weighted by molar-refractivity contribution is -0.139. The maximum Gasteiger partial charge on any atom is 0.341 e. The molecule has 0 spiro atoms. The summed E-state index contributed by atoms with van der Waals surface area (Å²) in [6.07, 6.45) is 0. The summed E-state index contributed by atoms with van der Waals surface area (Å²) >= 11 is 1.58. The standard InChI is InChI=1S/C15H12N2O3S/c18-14(19)9-20-11-7-5-10(6-8-11)16-15-17-12-3-1-2-4-13(12)21-15/h1-8H,9H2,(H,16,17)(H,18,19). The van der Waals surface area contributed by atoms with E-state index in [1.807, 2.05) is 36.4 Å². The number of anilines is 2. The molecule has 1 aromatic heterocycles. The number of benzene rings is 2. The Morgan fingerprint density at radius 2 is 1.95 bits per heavy atom. The van der Waals surface area contributed by atoms with Crippen LogP contribution >= 0.6 is 11.3 Å². The average Bonchev–Trinajstić information content (AvgIpc) is 2.88. The number of carboxylic acid groups (broad SMARTS) is 1. The highest BCUT2D eigenvalue weighted by atomic mass is 32.1. The molecule has 5 nitrogen and oxygen atoms in total. The molecule has 106 valence electrons. The first-order chi connectivity index (χ1) is 10.2. The van der Waals surface area contributed by atoms with Gasteiger partial charge in [-0.05, 0) is 36.4 Å². The highest BCUT2D eigenvalue weighted by Gasteiger charge is 2.04. The van der Waals surface area contributed by atoms with Crippen molar-refractivity contribution in [2.75, 3.05) is 11.9 Å². The van der Waals surface area contributed by atoms with Crippen LogP contribution in [0.4, 0.5) is 10.8 Å². The largest absolute Gasteiger partial charge is 0.482 e. The normalized spacial score (nSPS) is 10.5. The number of ether oxygens (including phenoxy) is 1. The Bertz CT molecular complexity index is 735. The Kier molecular flexibility index (Phi) is 3.70. The van der Waals surface area contributed by atoms with Crippen LogP contribution in [0.1, 0.15) is 0 Å². The Morgan fingerprint density at radius 1 is 1.19 bits per heavy atom. The van der Waals surface area contributed by atoms with Crippen LogP contribution in [0.25, 0.3) is 10.2 Å². The summed E-state index contributed by atoms with van der Waals surface area (Å²) in [5.74, 6) is -0.473. The van der Waals surface area contributed by atoms with Crippen LogP contribution in [0.3, 0.4) is 0 Å². The zero-order valence-corrected chi connectivity index (χ0v) is 11.8. The van der Waals surface area contributed by atoms with E-state index in [0.717, 1.165) is 21.0 Å². The Balaban J connectivity index is 1.71.